The van der Waals surface area contributed by atoms with Crippen LogP contribution in [0.1, 0.15) is 25.3 Å². The van der Waals surface area contributed by atoms with Gasteiger partial charge in [0, 0.05) is 19.2 Å². The van der Waals surface area contributed by atoms with E-state index in [9.17, 15) is 5.11 Å². The SMILES string of the molecule is CC(NCC(O)COc1ccccc1C#N)C1CCCO1. The van der Waals surface area contributed by atoms with Gasteiger partial charge >= 0.3 is 0 Å². The largest absolute Gasteiger partial charge is 0.489 e. The summed E-state index contributed by atoms with van der Waals surface area (Å²) in [4.78, 5) is 0. The first-order chi connectivity index (χ1) is 10.2. The molecule has 1 aromatic rings. The lowest BCUT2D eigenvalue weighted by Gasteiger charge is -2.22. The Hall–Kier alpha value is -1.61. The molecule has 0 amide bonds. The van der Waals surface area contributed by atoms with Gasteiger partial charge in [0.25, 0.3) is 0 Å². The van der Waals surface area contributed by atoms with Gasteiger partial charge in [0.05, 0.1) is 11.7 Å². The maximum Gasteiger partial charge on any atom is 0.137 e. The molecule has 0 aromatic heterocycles. The van der Waals surface area contributed by atoms with Crippen LogP contribution in [0.3, 0.4) is 0 Å². The molecule has 21 heavy (non-hydrogen) atoms. The van der Waals surface area contributed by atoms with E-state index in [-0.39, 0.29) is 18.8 Å². The zero-order valence-electron chi connectivity index (χ0n) is 12.3. The lowest BCUT2D eigenvalue weighted by atomic mass is 10.1. The number of aliphatic hydroxyl groups excluding tert-OH is 1. The first-order valence-electron chi connectivity index (χ1n) is 7.35. The van der Waals surface area contributed by atoms with Gasteiger partial charge < -0.3 is 19.9 Å². The van der Waals surface area contributed by atoms with E-state index in [1.807, 2.05) is 0 Å². The Bertz CT molecular complexity index is 481. The van der Waals surface area contributed by atoms with Crippen LogP contribution in [-0.2, 0) is 4.74 Å². The lowest BCUT2D eigenvalue weighted by molar-refractivity contribution is 0.0675. The molecule has 0 spiro atoms. The molecule has 0 saturated carbocycles. The number of nitrogens with zero attached hydrogens (tertiary/aromatic N) is 1. The average Bonchev–Trinajstić information content (AvgIpc) is 3.05. The minimum atomic E-state index is -0.624. The van der Waals surface area contributed by atoms with Gasteiger partial charge in [-0.2, -0.15) is 5.26 Å². The summed E-state index contributed by atoms with van der Waals surface area (Å²) in [5.41, 5.74) is 0.477. The van der Waals surface area contributed by atoms with Crippen molar-refractivity contribution in [3.63, 3.8) is 0 Å². The van der Waals surface area contributed by atoms with Crippen LogP contribution < -0.4 is 10.1 Å². The van der Waals surface area contributed by atoms with E-state index >= 15 is 0 Å². The molecule has 0 aliphatic carbocycles. The Kier molecular flexibility index (Phi) is 6.00. The van der Waals surface area contributed by atoms with Gasteiger partial charge in [0.15, 0.2) is 0 Å². The van der Waals surface area contributed by atoms with E-state index in [0.29, 0.717) is 17.9 Å². The summed E-state index contributed by atoms with van der Waals surface area (Å²) in [6.45, 7) is 3.49. The summed E-state index contributed by atoms with van der Waals surface area (Å²) < 4.78 is 11.1. The average molecular weight is 290 g/mol. The van der Waals surface area contributed by atoms with E-state index in [2.05, 4.69) is 18.3 Å². The zero-order valence-corrected chi connectivity index (χ0v) is 12.3. The number of hydrogen-bond donors (Lipinski definition) is 2. The standard InChI is InChI=1S/C16H22N2O3/c1-12(15-7-4-8-20-15)18-10-14(19)11-21-16-6-3-2-5-13(16)9-17/h2-3,5-6,12,14-15,18-19H,4,7-8,10-11H2,1H3. The second-order valence-corrected chi connectivity index (χ2v) is 5.32. The molecule has 0 bridgehead atoms. The molecule has 2 N–H and O–H groups in total. The number of ether oxygens (including phenoxy) is 2. The van der Waals surface area contributed by atoms with E-state index < -0.39 is 6.10 Å². The summed E-state index contributed by atoms with van der Waals surface area (Å²) in [6, 6.07) is 9.30. The Morgan fingerprint density at radius 1 is 1.52 bits per heavy atom. The fraction of sp³-hybridized carbons (Fsp3) is 0.562. The molecule has 3 atom stereocenters. The van der Waals surface area contributed by atoms with Crippen LogP contribution in [0.15, 0.2) is 24.3 Å². The van der Waals surface area contributed by atoms with E-state index in [1.165, 1.54) is 0 Å². The summed E-state index contributed by atoms with van der Waals surface area (Å²) >= 11 is 0. The minimum Gasteiger partial charge on any atom is -0.489 e. The van der Waals surface area contributed by atoms with Crippen LogP contribution in [0.5, 0.6) is 5.75 Å². The second-order valence-electron chi connectivity index (χ2n) is 5.32. The summed E-state index contributed by atoms with van der Waals surface area (Å²) in [5.74, 6) is 0.506. The Morgan fingerprint density at radius 2 is 2.33 bits per heavy atom. The molecule has 1 aliphatic rings. The molecule has 1 aromatic carbocycles. The van der Waals surface area contributed by atoms with Gasteiger partial charge in [-0.1, -0.05) is 12.1 Å². The van der Waals surface area contributed by atoms with Crippen LogP contribution in [0.25, 0.3) is 0 Å². The monoisotopic (exact) mass is 290 g/mol. The van der Waals surface area contributed by atoms with E-state index in [0.717, 1.165) is 19.4 Å². The third-order valence-corrected chi connectivity index (χ3v) is 3.64. The maximum atomic E-state index is 9.95. The van der Waals surface area contributed by atoms with Crippen molar-refractivity contribution in [2.45, 2.75) is 38.0 Å². The predicted octanol–water partition coefficient (Wildman–Crippen LogP) is 1.46. The van der Waals surface area contributed by atoms with Crippen molar-refractivity contribution < 1.29 is 14.6 Å². The van der Waals surface area contributed by atoms with Gasteiger partial charge in [-0.15, -0.1) is 0 Å². The number of rotatable bonds is 7. The molecule has 5 nitrogen and oxygen atoms in total. The predicted molar refractivity (Wildman–Crippen MR) is 79.1 cm³/mol. The van der Waals surface area contributed by atoms with Crippen molar-refractivity contribution in [2.24, 2.45) is 0 Å². The minimum absolute atomic E-state index is 0.157. The fourth-order valence-corrected chi connectivity index (χ4v) is 2.38. The summed E-state index contributed by atoms with van der Waals surface area (Å²) in [5, 5.41) is 22.2. The lowest BCUT2D eigenvalue weighted by Crippen LogP contribution is -2.42. The van der Waals surface area contributed by atoms with Gasteiger partial charge in [0.2, 0.25) is 0 Å². The summed E-state index contributed by atoms with van der Waals surface area (Å²) in [6.07, 6.45) is 1.78. The highest BCUT2D eigenvalue weighted by molar-refractivity contribution is 5.42. The highest BCUT2D eigenvalue weighted by Crippen LogP contribution is 2.17. The topological polar surface area (TPSA) is 74.5 Å². The Balaban J connectivity index is 1.72. The first-order valence-corrected chi connectivity index (χ1v) is 7.35. The molecule has 1 saturated heterocycles. The Morgan fingerprint density at radius 3 is 3.05 bits per heavy atom. The van der Waals surface area contributed by atoms with Crippen molar-refractivity contribution in [3.05, 3.63) is 29.8 Å². The Labute approximate surface area is 125 Å². The first kappa shape index (κ1) is 15.8. The molecular formula is C16H22N2O3. The van der Waals surface area contributed by atoms with E-state index in [1.54, 1.807) is 24.3 Å². The third kappa shape index (κ3) is 4.71. The number of aliphatic hydroxyl groups is 1. The second kappa shape index (κ2) is 7.99. The van der Waals surface area contributed by atoms with Crippen LogP contribution in [0.4, 0.5) is 0 Å². The molecule has 1 fully saturated rings. The molecule has 3 unspecified atom stereocenters. The molecule has 5 heteroatoms. The number of nitrogens with one attached hydrogen (secondary N) is 1. The van der Waals surface area contributed by atoms with Crippen LogP contribution >= 0.6 is 0 Å². The van der Waals surface area contributed by atoms with Gasteiger partial charge in [-0.05, 0) is 31.9 Å². The normalized spacial score (nSPS) is 20.7. The zero-order chi connectivity index (χ0) is 15.1. The highest BCUT2D eigenvalue weighted by Gasteiger charge is 2.22. The number of nitriles is 1. The smallest absolute Gasteiger partial charge is 0.137 e. The molecule has 2 rings (SSSR count). The van der Waals surface area contributed by atoms with Gasteiger partial charge in [-0.25, -0.2) is 0 Å². The van der Waals surface area contributed by atoms with Crippen LogP contribution in [-0.4, -0.2) is 43.1 Å². The number of hydrogen-bond acceptors (Lipinski definition) is 5. The fourth-order valence-electron chi connectivity index (χ4n) is 2.38. The highest BCUT2D eigenvalue weighted by atomic mass is 16.5. The number of benzene rings is 1. The molecule has 1 aliphatic heterocycles. The maximum absolute atomic E-state index is 9.95. The quantitative estimate of drug-likeness (QED) is 0.795. The van der Waals surface area contributed by atoms with Gasteiger partial charge in [-0.3, -0.25) is 0 Å². The molecule has 0 radical (unpaired) electrons. The third-order valence-electron chi connectivity index (χ3n) is 3.64. The van der Waals surface area contributed by atoms with Crippen molar-refractivity contribution in [1.29, 1.82) is 5.26 Å². The molecular weight excluding hydrogens is 268 g/mol. The number of para-hydroxylation sites is 1. The van der Waals surface area contributed by atoms with Crippen molar-refractivity contribution in [3.8, 4) is 11.8 Å². The summed E-state index contributed by atoms with van der Waals surface area (Å²) in [7, 11) is 0. The van der Waals surface area contributed by atoms with E-state index in [4.69, 9.17) is 14.7 Å². The van der Waals surface area contributed by atoms with Crippen molar-refractivity contribution in [2.75, 3.05) is 19.8 Å². The van der Waals surface area contributed by atoms with Gasteiger partial charge in [0.1, 0.15) is 24.5 Å². The molecule has 1 heterocycles. The van der Waals surface area contributed by atoms with Crippen molar-refractivity contribution >= 4 is 0 Å². The molecule has 114 valence electrons. The van der Waals surface area contributed by atoms with Crippen molar-refractivity contribution in [1.82, 2.24) is 5.32 Å². The van der Waals surface area contributed by atoms with Crippen LogP contribution in [0, 0.1) is 11.3 Å². The van der Waals surface area contributed by atoms with Crippen LogP contribution in [0.2, 0.25) is 0 Å².